The summed E-state index contributed by atoms with van der Waals surface area (Å²) in [7, 11) is 0. The van der Waals surface area contributed by atoms with Gasteiger partial charge in [0.1, 0.15) is 0 Å². The zero-order chi connectivity index (χ0) is 12.8. The van der Waals surface area contributed by atoms with Crippen LogP contribution in [-0.4, -0.2) is 11.5 Å². The van der Waals surface area contributed by atoms with E-state index < -0.39 is 0 Å². The van der Waals surface area contributed by atoms with E-state index in [9.17, 15) is 0 Å². The molecule has 1 aromatic heterocycles. The fourth-order valence-electron chi connectivity index (χ4n) is 2.06. The average molecular weight is 241 g/mol. The Hall–Kier alpha value is -1.87. The summed E-state index contributed by atoms with van der Waals surface area (Å²) in [6, 6.07) is 12.5. The van der Waals surface area contributed by atoms with Crippen molar-refractivity contribution < 1.29 is 0 Å². The molecule has 94 valence electrons. The van der Waals surface area contributed by atoms with Gasteiger partial charge in [0, 0.05) is 43.3 Å². The number of benzene rings is 1. The van der Waals surface area contributed by atoms with E-state index in [4.69, 9.17) is 5.73 Å². The van der Waals surface area contributed by atoms with Crippen molar-refractivity contribution in [3.63, 3.8) is 0 Å². The molecule has 0 saturated heterocycles. The molecule has 2 N–H and O–H groups in total. The molecular formula is C15H19N3. The molecule has 3 heteroatoms. The van der Waals surface area contributed by atoms with E-state index in [0.29, 0.717) is 6.54 Å². The molecule has 1 aromatic carbocycles. The predicted molar refractivity (Wildman–Crippen MR) is 75.3 cm³/mol. The van der Waals surface area contributed by atoms with Crippen LogP contribution in [0.1, 0.15) is 18.1 Å². The molecule has 0 saturated carbocycles. The molecule has 0 aliphatic rings. The average Bonchev–Trinajstić information content (AvgIpc) is 2.46. The summed E-state index contributed by atoms with van der Waals surface area (Å²) in [5, 5.41) is 0. The lowest BCUT2D eigenvalue weighted by Crippen LogP contribution is -2.23. The number of hydrogen-bond donors (Lipinski definition) is 1. The molecule has 0 aliphatic heterocycles. The van der Waals surface area contributed by atoms with Crippen molar-refractivity contribution in [2.75, 3.05) is 11.4 Å². The van der Waals surface area contributed by atoms with E-state index in [1.54, 1.807) is 0 Å². The Morgan fingerprint density at radius 2 is 1.94 bits per heavy atom. The topological polar surface area (TPSA) is 42.2 Å². The Labute approximate surface area is 108 Å². The van der Waals surface area contributed by atoms with Gasteiger partial charge < -0.3 is 10.6 Å². The highest BCUT2D eigenvalue weighted by atomic mass is 15.1. The fourth-order valence-corrected chi connectivity index (χ4v) is 2.06. The SMILES string of the molecule is CCN(Cc1ccccc1)c1ccncc1CN. The zero-order valence-corrected chi connectivity index (χ0v) is 10.7. The highest BCUT2D eigenvalue weighted by Crippen LogP contribution is 2.20. The molecule has 2 rings (SSSR count). The molecule has 0 atom stereocenters. The highest BCUT2D eigenvalue weighted by Gasteiger charge is 2.09. The van der Waals surface area contributed by atoms with E-state index in [2.05, 4.69) is 41.1 Å². The van der Waals surface area contributed by atoms with Crippen LogP contribution < -0.4 is 10.6 Å². The minimum Gasteiger partial charge on any atom is -0.367 e. The number of hydrogen-bond acceptors (Lipinski definition) is 3. The van der Waals surface area contributed by atoms with Crippen molar-refractivity contribution in [3.05, 3.63) is 59.9 Å². The maximum Gasteiger partial charge on any atom is 0.0445 e. The van der Waals surface area contributed by atoms with Crippen LogP contribution in [0.5, 0.6) is 0 Å². The van der Waals surface area contributed by atoms with Crippen LogP contribution in [0.15, 0.2) is 48.8 Å². The smallest absolute Gasteiger partial charge is 0.0445 e. The van der Waals surface area contributed by atoms with Gasteiger partial charge in [-0.2, -0.15) is 0 Å². The standard InChI is InChI=1S/C15H19N3/c1-2-18(12-13-6-4-3-5-7-13)15-8-9-17-11-14(15)10-16/h3-9,11H,2,10,12,16H2,1H3. The summed E-state index contributed by atoms with van der Waals surface area (Å²) in [6.45, 7) is 4.53. The van der Waals surface area contributed by atoms with Crippen LogP contribution in [0.2, 0.25) is 0 Å². The summed E-state index contributed by atoms with van der Waals surface area (Å²) in [4.78, 5) is 6.45. The van der Waals surface area contributed by atoms with Gasteiger partial charge in [0.25, 0.3) is 0 Å². The van der Waals surface area contributed by atoms with E-state index >= 15 is 0 Å². The lowest BCUT2D eigenvalue weighted by molar-refractivity contribution is 0.819. The molecule has 0 aliphatic carbocycles. The van der Waals surface area contributed by atoms with Gasteiger partial charge in [0.2, 0.25) is 0 Å². The van der Waals surface area contributed by atoms with Gasteiger partial charge in [-0.1, -0.05) is 30.3 Å². The van der Waals surface area contributed by atoms with Crippen LogP contribution in [0, 0.1) is 0 Å². The number of pyridine rings is 1. The van der Waals surface area contributed by atoms with E-state index in [1.165, 1.54) is 11.3 Å². The number of nitrogens with two attached hydrogens (primary N) is 1. The van der Waals surface area contributed by atoms with Gasteiger partial charge in [0.05, 0.1) is 0 Å². The highest BCUT2D eigenvalue weighted by molar-refractivity contribution is 5.52. The first kappa shape index (κ1) is 12.6. The summed E-state index contributed by atoms with van der Waals surface area (Å²) in [5.41, 5.74) is 9.35. The summed E-state index contributed by atoms with van der Waals surface area (Å²) < 4.78 is 0. The van der Waals surface area contributed by atoms with Crippen LogP contribution in [0.25, 0.3) is 0 Å². The van der Waals surface area contributed by atoms with Crippen molar-refractivity contribution in [1.82, 2.24) is 4.98 Å². The van der Waals surface area contributed by atoms with Gasteiger partial charge in [-0.3, -0.25) is 4.98 Å². The Balaban J connectivity index is 2.23. The molecular weight excluding hydrogens is 222 g/mol. The second-order valence-electron chi connectivity index (χ2n) is 4.21. The van der Waals surface area contributed by atoms with E-state index in [1.807, 2.05) is 24.5 Å². The molecule has 2 aromatic rings. The first-order valence-corrected chi connectivity index (χ1v) is 6.27. The number of anilines is 1. The second kappa shape index (κ2) is 6.17. The summed E-state index contributed by atoms with van der Waals surface area (Å²) >= 11 is 0. The lowest BCUT2D eigenvalue weighted by Gasteiger charge is -2.25. The first-order chi connectivity index (χ1) is 8.85. The Bertz CT molecular complexity index is 482. The maximum absolute atomic E-state index is 5.77. The Kier molecular flexibility index (Phi) is 4.31. The molecule has 0 radical (unpaired) electrons. The lowest BCUT2D eigenvalue weighted by atomic mass is 10.1. The van der Waals surface area contributed by atoms with Crippen molar-refractivity contribution in [2.24, 2.45) is 5.73 Å². The van der Waals surface area contributed by atoms with Gasteiger partial charge in [-0.15, -0.1) is 0 Å². The number of nitrogens with zero attached hydrogens (tertiary/aromatic N) is 2. The van der Waals surface area contributed by atoms with Crippen molar-refractivity contribution in [3.8, 4) is 0 Å². The second-order valence-corrected chi connectivity index (χ2v) is 4.21. The first-order valence-electron chi connectivity index (χ1n) is 6.27. The summed E-state index contributed by atoms with van der Waals surface area (Å²) in [6.07, 6.45) is 3.67. The normalized spacial score (nSPS) is 10.3. The number of rotatable bonds is 5. The van der Waals surface area contributed by atoms with Crippen molar-refractivity contribution in [2.45, 2.75) is 20.0 Å². The van der Waals surface area contributed by atoms with Gasteiger partial charge in [0.15, 0.2) is 0 Å². The molecule has 0 amide bonds. The predicted octanol–water partition coefficient (Wildman–Crippen LogP) is 2.57. The quantitative estimate of drug-likeness (QED) is 0.874. The molecule has 18 heavy (non-hydrogen) atoms. The van der Waals surface area contributed by atoms with Crippen LogP contribution in [-0.2, 0) is 13.1 Å². The van der Waals surface area contributed by atoms with E-state index in [0.717, 1.165) is 18.7 Å². The monoisotopic (exact) mass is 241 g/mol. The minimum absolute atomic E-state index is 0.522. The molecule has 0 fully saturated rings. The third kappa shape index (κ3) is 2.87. The summed E-state index contributed by atoms with van der Waals surface area (Å²) in [5.74, 6) is 0. The van der Waals surface area contributed by atoms with Crippen molar-refractivity contribution in [1.29, 1.82) is 0 Å². The maximum atomic E-state index is 5.77. The largest absolute Gasteiger partial charge is 0.367 e. The number of aromatic nitrogens is 1. The van der Waals surface area contributed by atoms with Gasteiger partial charge >= 0.3 is 0 Å². The van der Waals surface area contributed by atoms with Crippen LogP contribution in [0.4, 0.5) is 5.69 Å². The molecule has 0 unspecified atom stereocenters. The van der Waals surface area contributed by atoms with Crippen LogP contribution >= 0.6 is 0 Å². The van der Waals surface area contributed by atoms with Crippen molar-refractivity contribution >= 4 is 5.69 Å². The van der Waals surface area contributed by atoms with Crippen LogP contribution in [0.3, 0.4) is 0 Å². The van der Waals surface area contributed by atoms with Gasteiger partial charge in [-0.25, -0.2) is 0 Å². The molecule has 0 spiro atoms. The van der Waals surface area contributed by atoms with E-state index in [-0.39, 0.29) is 0 Å². The Morgan fingerprint density at radius 1 is 1.17 bits per heavy atom. The fraction of sp³-hybridized carbons (Fsp3) is 0.267. The molecule has 0 bridgehead atoms. The minimum atomic E-state index is 0.522. The van der Waals surface area contributed by atoms with Gasteiger partial charge in [-0.05, 0) is 18.6 Å². The molecule has 1 heterocycles. The zero-order valence-electron chi connectivity index (χ0n) is 10.7. The Morgan fingerprint density at radius 3 is 2.61 bits per heavy atom. The third-order valence-electron chi connectivity index (χ3n) is 3.04. The third-order valence-corrected chi connectivity index (χ3v) is 3.04. The molecule has 3 nitrogen and oxygen atoms in total.